The summed E-state index contributed by atoms with van der Waals surface area (Å²) in [6.07, 6.45) is 0. The molecule has 1 amide bonds. The van der Waals surface area contributed by atoms with E-state index in [1.165, 1.54) is 36.3 Å². The third-order valence-electron chi connectivity index (χ3n) is 6.25. The van der Waals surface area contributed by atoms with Gasteiger partial charge in [0.1, 0.15) is 5.82 Å². The van der Waals surface area contributed by atoms with Gasteiger partial charge in [0, 0.05) is 24.0 Å². The van der Waals surface area contributed by atoms with E-state index in [9.17, 15) is 19.1 Å². The van der Waals surface area contributed by atoms with Crippen LogP contribution in [0.5, 0.6) is 5.75 Å². The Morgan fingerprint density at radius 3 is 2.59 bits per heavy atom. The predicted octanol–water partition coefficient (Wildman–Crippen LogP) is 4.50. The molecule has 1 atom stereocenters. The lowest BCUT2D eigenvalue weighted by atomic mass is 9.94. The number of ether oxygens (including phenoxy) is 1. The molecular weight excluding hydrogens is 439 g/mol. The minimum Gasteiger partial charge on any atom is -0.503 e. The van der Waals surface area contributed by atoms with Crippen LogP contribution in [0.15, 0.2) is 64.3 Å². The van der Waals surface area contributed by atoms with Crippen LogP contribution in [0.2, 0.25) is 0 Å². The zero-order chi connectivity index (χ0) is 24.4. The fourth-order valence-electron chi connectivity index (χ4n) is 4.37. The number of benzene rings is 2. The number of carbonyl (C=O) groups excluding carboxylic acids is 2. The molecule has 1 N–H and O–H groups in total. The van der Waals surface area contributed by atoms with Crippen LogP contribution in [-0.4, -0.2) is 59.9 Å². The monoisotopic (exact) mass is 466 g/mol. The van der Waals surface area contributed by atoms with E-state index < -0.39 is 29.3 Å². The first-order chi connectivity index (χ1) is 16.4. The molecule has 1 aliphatic rings. The number of aliphatic hydroxyl groups is 1. The fourth-order valence-corrected chi connectivity index (χ4v) is 4.37. The maximum atomic E-state index is 14.9. The maximum Gasteiger partial charge on any atom is 0.290 e. The number of halogens is 1. The number of hydrogen-bond donors (Lipinski definition) is 1. The second kappa shape index (κ2) is 9.69. The summed E-state index contributed by atoms with van der Waals surface area (Å²) < 4.78 is 26.0. The van der Waals surface area contributed by atoms with Crippen LogP contribution in [0, 0.1) is 5.82 Å². The average Bonchev–Trinajstić information content (AvgIpc) is 3.39. The largest absolute Gasteiger partial charge is 0.503 e. The first-order valence-electron chi connectivity index (χ1n) is 11.2. The van der Waals surface area contributed by atoms with Crippen LogP contribution < -0.4 is 4.74 Å². The predicted molar refractivity (Wildman–Crippen MR) is 125 cm³/mol. The lowest BCUT2D eigenvalue weighted by Crippen LogP contribution is -2.39. The molecule has 0 spiro atoms. The molecule has 0 fully saturated rings. The van der Waals surface area contributed by atoms with Gasteiger partial charge in [-0.3, -0.25) is 9.59 Å². The van der Waals surface area contributed by atoms with Gasteiger partial charge in [0.15, 0.2) is 22.9 Å². The van der Waals surface area contributed by atoms with Crippen LogP contribution in [0.1, 0.15) is 36.0 Å². The van der Waals surface area contributed by atoms with Gasteiger partial charge in [0.05, 0.1) is 18.7 Å². The van der Waals surface area contributed by atoms with Crippen molar-refractivity contribution in [2.75, 3.05) is 33.3 Å². The SMILES string of the molecule is CCN(CC)CCN1C(=O)C(O)=C(C(=O)c2cc3cccc(OC)c3o2)[C@H]1c1ccccc1F. The number of para-hydroxylation sites is 1. The van der Waals surface area contributed by atoms with E-state index in [1.807, 2.05) is 13.8 Å². The van der Waals surface area contributed by atoms with Crippen molar-refractivity contribution in [1.29, 1.82) is 0 Å². The number of nitrogens with zero attached hydrogens (tertiary/aromatic N) is 2. The van der Waals surface area contributed by atoms with Gasteiger partial charge in [-0.05, 0) is 31.3 Å². The fraction of sp³-hybridized carbons (Fsp3) is 0.308. The Bertz CT molecular complexity index is 1260. The molecule has 1 aromatic heterocycles. The van der Waals surface area contributed by atoms with Crippen LogP contribution in [0.4, 0.5) is 4.39 Å². The molecule has 4 rings (SSSR count). The third-order valence-corrected chi connectivity index (χ3v) is 6.25. The van der Waals surface area contributed by atoms with Crippen molar-refractivity contribution >= 4 is 22.7 Å². The lowest BCUT2D eigenvalue weighted by Gasteiger charge is -2.29. The molecular formula is C26H27FN2O5. The second-order valence-electron chi connectivity index (χ2n) is 8.03. The highest BCUT2D eigenvalue weighted by Gasteiger charge is 2.45. The Balaban J connectivity index is 1.78. The average molecular weight is 467 g/mol. The Hall–Kier alpha value is -3.65. The number of ketones is 1. The summed E-state index contributed by atoms with van der Waals surface area (Å²) in [5.74, 6) is -2.27. The number of carbonyl (C=O) groups is 2. The number of hydrogen-bond acceptors (Lipinski definition) is 6. The summed E-state index contributed by atoms with van der Waals surface area (Å²) in [5.41, 5.74) is 0.308. The number of rotatable bonds is 9. The van der Waals surface area contributed by atoms with Gasteiger partial charge in [-0.25, -0.2) is 4.39 Å². The molecule has 0 saturated heterocycles. The van der Waals surface area contributed by atoms with Gasteiger partial charge < -0.3 is 24.1 Å². The van der Waals surface area contributed by atoms with E-state index in [-0.39, 0.29) is 23.4 Å². The van der Waals surface area contributed by atoms with Crippen molar-refractivity contribution < 1.29 is 28.2 Å². The number of amides is 1. The highest BCUT2D eigenvalue weighted by molar-refractivity contribution is 6.16. The van der Waals surface area contributed by atoms with E-state index in [0.717, 1.165) is 13.1 Å². The quantitative estimate of drug-likeness (QED) is 0.468. The van der Waals surface area contributed by atoms with E-state index in [1.54, 1.807) is 24.3 Å². The normalized spacial score (nSPS) is 16.2. The molecule has 1 aliphatic heterocycles. The maximum absolute atomic E-state index is 14.9. The van der Waals surface area contributed by atoms with Crippen LogP contribution in [-0.2, 0) is 4.79 Å². The Kier molecular flexibility index (Phi) is 6.70. The summed E-state index contributed by atoms with van der Waals surface area (Å²) in [5, 5.41) is 11.4. The van der Waals surface area contributed by atoms with Crippen molar-refractivity contribution in [2.24, 2.45) is 0 Å². The van der Waals surface area contributed by atoms with Crippen molar-refractivity contribution in [3.05, 3.63) is 77.0 Å². The molecule has 0 unspecified atom stereocenters. The summed E-state index contributed by atoms with van der Waals surface area (Å²) >= 11 is 0. The van der Waals surface area contributed by atoms with E-state index in [4.69, 9.17) is 9.15 Å². The summed E-state index contributed by atoms with van der Waals surface area (Å²) in [6, 6.07) is 11.6. The molecule has 0 bridgehead atoms. The zero-order valence-corrected chi connectivity index (χ0v) is 19.4. The first-order valence-corrected chi connectivity index (χ1v) is 11.2. The molecule has 2 aromatic carbocycles. The van der Waals surface area contributed by atoms with Gasteiger partial charge in [0.25, 0.3) is 5.91 Å². The smallest absolute Gasteiger partial charge is 0.290 e. The molecule has 7 nitrogen and oxygen atoms in total. The van der Waals surface area contributed by atoms with Crippen molar-refractivity contribution in [3.63, 3.8) is 0 Å². The van der Waals surface area contributed by atoms with E-state index in [2.05, 4.69) is 4.90 Å². The Morgan fingerprint density at radius 1 is 1.18 bits per heavy atom. The number of fused-ring (bicyclic) bond motifs is 1. The van der Waals surface area contributed by atoms with Gasteiger partial charge in [0.2, 0.25) is 5.78 Å². The van der Waals surface area contributed by atoms with Gasteiger partial charge in [-0.1, -0.05) is 44.2 Å². The lowest BCUT2D eigenvalue weighted by molar-refractivity contribution is -0.129. The molecule has 34 heavy (non-hydrogen) atoms. The summed E-state index contributed by atoms with van der Waals surface area (Å²) in [7, 11) is 1.49. The van der Waals surface area contributed by atoms with Gasteiger partial charge >= 0.3 is 0 Å². The van der Waals surface area contributed by atoms with E-state index in [0.29, 0.717) is 23.3 Å². The molecule has 0 saturated carbocycles. The number of furan rings is 1. The number of Topliss-reactive ketones (excluding diaryl/α,β-unsaturated/α-hetero) is 1. The first kappa shape index (κ1) is 23.5. The van der Waals surface area contributed by atoms with Crippen molar-refractivity contribution in [3.8, 4) is 5.75 Å². The topological polar surface area (TPSA) is 83.2 Å². The minimum atomic E-state index is -1.08. The number of methoxy groups -OCH3 is 1. The number of likely N-dealkylation sites (N-methyl/N-ethyl adjacent to an activating group) is 1. The molecule has 3 aromatic rings. The van der Waals surface area contributed by atoms with Gasteiger partial charge in [-0.2, -0.15) is 0 Å². The molecule has 0 aliphatic carbocycles. The highest BCUT2D eigenvalue weighted by Crippen LogP contribution is 2.40. The zero-order valence-electron chi connectivity index (χ0n) is 19.4. The Labute approximate surface area is 197 Å². The highest BCUT2D eigenvalue weighted by atomic mass is 19.1. The third kappa shape index (κ3) is 4.05. The van der Waals surface area contributed by atoms with Crippen LogP contribution >= 0.6 is 0 Å². The Morgan fingerprint density at radius 2 is 1.91 bits per heavy atom. The molecule has 178 valence electrons. The van der Waals surface area contributed by atoms with Crippen molar-refractivity contribution in [1.82, 2.24) is 9.80 Å². The minimum absolute atomic E-state index is 0.0687. The standard InChI is InChI=1S/C26H27FN2O5/c1-4-28(5-2)13-14-29-22(17-10-6-7-11-18(17)27)21(24(31)26(29)32)23(30)20-15-16-9-8-12-19(33-3)25(16)34-20/h6-12,15,22,31H,4-5,13-14H2,1-3H3/t22-/m1/s1. The summed E-state index contributed by atoms with van der Waals surface area (Å²) in [6.45, 7) is 6.28. The molecule has 0 radical (unpaired) electrons. The van der Waals surface area contributed by atoms with Crippen molar-refractivity contribution in [2.45, 2.75) is 19.9 Å². The van der Waals surface area contributed by atoms with Gasteiger partial charge in [-0.15, -0.1) is 0 Å². The molecule has 8 heteroatoms. The van der Waals surface area contributed by atoms with Crippen LogP contribution in [0.25, 0.3) is 11.0 Å². The number of aliphatic hydroxyl groups excluding tert-OH is 1. The van der Waals surface area contributed by atoms with E-state index >= 15 is 0 Å². The van der Waals surface area contributed by atoms with Crippen LogP contribution in [0.3, 0.4) is 0 Å². The second-order valence-corrected chi connectivity index (χ2v) is 8.03. The molecule has 2 heterocycles. The summed E-state index contributed by atoms with van der Waals surface area (Å²) in [4.78, 5) is 30.1.